The molecular weight excluding hydrogens is 324 g/mol. The SMILES string of the molecule is C[C@]12C=Cc3ccccc3[C@H]1[C@@H](/C=C/c1ccccc1)[C@H]2c1ccccc1. The average molecular weight is 348 g/mol. The van der Waals surface area contributed by atoms with Crippen molar-refractivity contribution in [2.45, 2.75) is 18.8 Å². The molecule has 0 aliphatic heterocycles. The van der Waals surface area contributed by atoms with Crippen molar-refractivity contribution in [3.8, 4) is 0 Å². The van der Waals surface area contributed by atoms with Crippen LogP contribution < -0.4 is 0 Å². The summed E-state index contributed by atoms with van der Waals surface area (Å²) in [6, 6.07) is 30.6. The van der Waals surface area contributed by atoms with Crippen molar-refractivity contribution in [3.63, 3.8) is 0 Å². The first-order chi connectivity index (χ1) is 13.3. The molecule has 1 fully saturated rings. The number of benzene rings is 3. The molecule has 0 N–H and O–H groups in total. The molecule has 0 saturated heterocycles. The van der Waals surface area contributed by atoms with Crippen LogP contribution in [0.4, 0.5) is 0 Å². The summed E-state index contributed by atoms with van der Waals surface area (Å²) < 4.78 is 0. The van der Waals surface area contributed by atoms with E-state index in [2.05, 4.69) is 116 Å². The van der Waals surface area contributed by atoms with E-state index in [9.17, 15) is 0 Å². The van der Waals surface area contributed by atoms with E-state index in [4.69, 9.17) is 0 Å². The first kappa shape index (κ1) is 16.3. The molecule has 0 unspecified atom stereocenters. The maximum atomic E-state index is 2.46. The number of hydrogen-bond acceptors (Lipinski definition) is 0. The minimum atomic E-state index is 0.168. The van der Waals surface area contributed by atoms with E-state index in [1.807, 2.05) is 0 Å². The monoisotopic (exact) mass is 348 g/mol. The Hall–Kier alpha value is -2.86. The predicted octanol–water partition coefficient (Wildman–Crippen LogP) is 6.93. The van der Waals surface area contributed by atoms with Crippen molar-refractivity contribution >= 4 is 12.2 Å². The highest BCUT2D eigenvalue weighted by atomic mass is 14.6. The molecule has 5 rings (SSSR count). The topological polar surface area (TPSA) is 0 Å². The zero-order valence-corrected chi connectivity index (χ0v) is 15.6. The molecule has 0 radical (unpaired) electrons. The Morgan fingerprint density at radius 2 is 1.41 bits per heavy atom. The third kappa shape index (κ3) is 2.59. The van der Waals surface area contributed by atoms with Crippen LogP contribution in [0, 0.1) is 11.3 Å². The third-order valence-corrected chi connectivity index (χ3v) is 6.53. The second kappa shape index (κ2) is 6.39. The molecule has 0 bridgehead atoms. The van der Waals surface area contributed by atoms with Gasteiger partial charge < -0.3 is 0 Å². The van der Waals surface area contributed by atoms with Crippen LogP contribution in [0.3, 0.4) is 0 Å². The fourth-order valence-electron chi connectivity index (χ4n) is 5.31. The van der Waals surface area contributed by atoms with Crippen LogP contribution in [-0.2, 0) is 0 Å². The van der Waals surface area contributed by atoms with Gasteiger partial charge in [0.25, 0.3) is 0 Å². The summed E-state index contributed by atoms with van der Waals surface area (Å²) >= 11 is 0. The van der Waals surface area contributed by atoms with Crippen LogP contribution in [0.25, 0.3) is 12.2 Å². The van der Waals surface area contributed by atoms with E-state index in [0.717, 1.165) is 0 Å². The standard InChI is InChI=1S/C27H24/c1-27-19-18-21-12-8-9-15-23(21)26(27)24(17-16-20-10-4-2-5-11-20)25(27)22-13-6-3-7-14-22/h2-19,24-26H,1H3/b17-16+/t24-,25+,26-,27+/m0/s1. The molecule has 132 valence electrons. The second-order valence-corrected chi connectivity index (χ2v) is 8.04. The maximum Gasteiger partial charge on any atom is 0.000798 e. The van der Waals surface area contributed by atoms with Gasteiger partial charge in [-0.05, 0) is 28.2 Å². The average Bonchev–Trinajstić information content (AvgIpc) is 2.71. The zero-order valence-electron chi connectivity index (χ0n) is 15.6. The summed E-state index contributed by atoms with van der Waals surface area (Å²) in [5.74, 6) is 1.54. The molecule has 3 aromatic rings. The predicted molar refractivity (Wildman–Crippen MR) is 114 cm³/mol. The molecule has 0 spiro atoms. The number of allylic oxidation sites excluding steroid dienone is 2. The molecule has 27 heavy (non-hydrogen) atoms. The molecule has 0 nitrogen and oxygen atoms in total. The molecule has 0 heterocycles. The molecular formula is C27H24. The largest absolute Gasteiger partial charge is 0.0795 e. The van der Waals surface area contributed by atoms with E-state index in [-0.39, 0.29) is 5.41 Å². The lowest BCUT2D eigenvalue weighted by Crippen LogP contribution is -2.51. The molecule has 0 amide bonds. The van der Waals surface area contributed by atoms with Gasteiger partial charge in [-0.2, -0.15) is 0 Å². The highest BCUT2D eigenvalue weighted by molar-refractivity contribution is 5.64. The summed E-state index contributed by atoms with van der Waals surface area (Å²) in [5, 5.41) is 0. The van der Waals surface area contributed by atoms with Gasteiger partial charge in [0.05, 0.1) is 0 Å². The van der Waals surface area contributed by atoms with Gasteiger partial charge in [0.2, 0.25) is 0 Å². The van der Waals surface area contributed by atoms with Gasteiger partial charge in [-0.1, -0.05) is 116 Å². The normalized spacial score (nSPS) is 28.4. The minimum Gasteiger partial charge on any atom is -0.0795 e. The Kier molecular flexibility index (Phi) is 3.86. The van der Waals surface area contributed by atoms with Crippen LogP contribution >= 0.6 is 0 Å². The number of rotatable bonds is 3. The van der Waals surface area contributed by atoms with Gasteiger partial charge >= 0.3 is 0 Å². The highest BCUT2D eigenvalue weighted by Gasteiger charge is 2.58. The van der Waals surface area contributed by atoms with Gasteiger partial charge in [-0.25, -0.2) is 0 Å². The Morgan fingerprint density at radius 3 is 2.19 bits per heavy atom. The first-order valence-electron chi connectivity index (χ1n) is 9.84. The van der Waals surface area contributed by atoms with Crippen LogP contribution in [0.5, 0.6) is 0 Å². The Bertz CT molecular complexity index is 996. The fraction of sp³-hybridized carbons (Fsp3) is 0.185. The summed E-state index contributed by atoms with van der Waals surface area (Å²) in [4.78, 5) is 0. The van der Waals surface area contributed by atoms with E-state index < -0.39 is 0 Å². The molecule has 4 atom stereocenters. The van der Waals surface area contributed by atoms with Crippen LogP contribution in [0.15, 0.2) is 97.1 Å². The van der Waals surface area contributed by atoms with Crippen molar-refractivity contribution in [1.82, 2.24) is 0 Å². The summed E-state index contributed by atoms with van der Waals surface area (Å²) in [6.45, 7) is 2.44. The van der Waals surface area contributed by atoms with Crippen LogP contribution in [-0.4, -0.2) is 0 Å². The van der Waals surface area contributed by atoms with Crippen molar-refractivity contribution in [3.05, 3.63) is 119 Å². The van der Waals surface area contributed by atoms with Crippen molar-refractivity contribution < 1.29 is 0 Å². The zero-order chi connectivity index (χ0) is 18.3. The van der Waals surface area contributed by atoms with Gasteiger partial charge in [0.1, 0.15) is 0 Å². The van der Waals surface area contributed by atoms with Crippen molar-refractivity contribution in [1.29, 1.82) is 0 Å². The van der Waals surface area contributed by atoms with Crippen LogP contribution in [0.1, 0.15) is 41.0 Å². The summed E-state index contributed by atoms with van der Waals surface area (Å²) in [5.41, 5.74) is 5.77. The maximum absolute atomic E-state index is 2.46. The van der Waals surface area contributed by atoms with E-state index in [1.54, 1.807) is 0 Å². The quantitative estimate of drug-likeness (QED) is 0.481. The molecule has 2 aliphatic rings. The minimum absolute atomic E-state index is 0.168. The third-order valence-electron chi connectivity index (χ3n) is 6.53. The van der Waals surface area contributed by atoms with Gasteiger partial charge in [0.15, 0.2) is 0 Å². The van der Waals surface area contributed by atoms with Gasteiger partial charge in [-0.3, -0.25) is 0 Å². The van der Waals surface area contributed by atoms with Crippen LogP contribution in [0.2, 0.25) is 0 Å². The number of fused-ring (bicyclic) bond motifs is 3. The molecule has 0 heteroatoms. The second-order valence-electron chi connectivity index (χ2n) is 8.04. The number of hydrogen-bond donors (Lipinski definition) is 0. The highest BCUT2D eigenvalue weighted by Crippen LogP contribution is 2.68. The summed E-state index contributed by atoms with van der Waals surface area (Å²) in [7, 11) is 0. The molecule has 0 aromatic heterocycles. The van der Waals surface area contributed by atoms with Crippen molar-refractivity contribution in [2.24, 2.45) is 11.3 Å². The van der Waals surface area contributed by atoms with Crippen molar-refractivity contribution in [2.75, 3.05) is 0 Å². The smallest absolute Gasteiger partial charge is 0.000798 e. The lowest BCUT2D eigenvalue weighted by Gasteiger charge is -2.60. The lowest BCUT2D eigenvalue weighted by atomic mass is 9.42. The fourth-order valence-corrected chi connectivity index (χ4v) is 5.31. The molecule has 3 aromatic carbocycles. The van der Waals surface area contributed by atoms with Gasteiger partial charge in [0, 0.05) is 17.3 Å². The Labute approximate surface area is 161 Å². The van der Waals surface area contributed by atoms with E-state index >= 15 is 0 Å². The lowest BCUT2D eigenvalue weighted by molar-refractivity contribution is 0.0680. The Morgan fingerprint density at radius 1 is 0.741 bits per heavy atom. The molecule has 1 saturated carbocycles. The Balaban J connectivity index is 1.59. The van der Waals surface area contributed by atoms with Gasteiger partial charge in [-0.15, -0.1) is 0 Å². The van der Waals surface area contributed by atoms with E-state index in [0.29, 0.717) is 17.8 Å². The molecule has 2 aliphatic carbocycles. The first-order valence-corrected chi connectivity index (χ1v) is 9.84. The van der Waals surface area contributed by atoms with E-state index in [1.165, 1.54) is 22.3 Å². The summed E-state index contributed by atoms with van der Waals surface area (Å²) in [6.07, 6.45) is 9.56.